The first-order valence-corrected chi connectivity index (χ1v) is 3.41. The molecule has 0 saturated carbocycles. The number of rotatable bonds is 1. The minimum absolute atomic E-state index is 0.0671. The average Bonchev–Trinajstić information content (AvgIpc) is 2.04. The first-order chi connectivity index (χ1) is 5.63. The summed E-state index contributed by atoms with van der Waals surface area (Å²) in [5.41, 5.74) is -0.182. The molecule has 1 nitrogen and oxygen atoms in total. The van der Waals surface area contributed by atoms with E-state index in [1.165, 1.54) is 25.1 Å². The molecule has 0 aliphatic heterocycles. The Labute approximate surface area is 69.0 Å². The number of hydrogen-bond donors (Lipinski definition) is 0. The molecule has 1 aromatic rings. The number of allylic oxidation sites excluding steroid dienone is 1. The average molecular weight is 169 g/mol. The van der Waals surface area contributed by atoms with Gasteiger partial charge < -0.3 is 5.11 Å². The summed E-state index contributed by atoms with van der Waals surface area (Å²) >= 11 is 0. The van der Waals surface area contributed by atoms with Crippen LogP contribution in [0.5, 0.6) is 5.75 Å². The molecular weight excluding hydrogens is 162 g/mol. The Morgan fingerprint density at radius 3 is 2.33 bits per heavy atom. The van der Waals surface area contributed by atoms with Crippen molar-refractivity contribution in [1.29, 1.82) is 0 Å². The van der Waals surface area contributed by atoms with Crippen molar-refractivity contribution in [1.82, 2.24) is 0 Å². The highest BCUT2D eigenvalue weighted by Crippen LogP contribution is 2.25. The standard InChI is InChI=1S/C9H8F2O/c1-6(9(10)11)7-4-2-3-5-8(7)12/h2-5,12H,1H3/p-1. The molecule has 0 heterocycles. The third kappa shape index (κ3) is 1.61. The fourth-order valence-electron chi connectivity index (χ4n) is 0.878. The van der Waals surface area contributed by atoms with Crippen molar-refractivity contribution in [2.45, 2.75) is 6.92 Å². The van der Waals surface area contributed by atoms with Gasteiger partial charge >= 0.3 is 0 Å². The van der Waals surface area contributed by atoms with Gasteiger partial charge in [0.15, 0.2) is 0 Å². The van der Waals surface area contributed by atoms with E-state index < -0.39 is 6.08 Å². The number of halogens is 2. The third-order valence-electron chi connectivity index (χ3n) is 1.57. The first-order valence-electron chi connectivity index (χ1n) is 3.41. The highest BCUT2D eigenvalue weighted by atomic mass is 19.3. The molecule has 0 aliphatic rings. The predicted octanol–water partition coefficient (Wildman–Crippen LogP) is 2.39. The zero-order chi connectivity index (χ0) is 9.14. The molecule has 1 aromatic carbocycles. The van der Waals surface area contributed by atoms with E-state index in [1.54, 1.807) is 6.07 Å². The van der Waals surface area contributed by atoms with Gasteiger partial charge in [0.05, 0.1) is 0 Å². The molecule has 0 aromatic heterocycles. The Hall–Kier alpha value is -1.38. The monoisotopic (exact) mass is 169 g/mol. The van der Waals surface area contributed by atoms with Crippen LogP contribution < -0.4 is 5.11 Å². The smallest absolute Gasteiger partial charge is 0.273 e. The summed E-state index contributed by atoms with van der Waals surface area (Å²) in [6, 6.07) is 5.73. The maximum atomic E-state index is 12.0. The van der Waals surface area contributed by atoms with Crippen molar-refractivity contribution in [2.75, 3.05) is 0 Å². The van der Waals surface area contributed by atoms with Gasteiger partial charge in [0.1, 0.15) is 0 Å². The second-order valence-corrected chi connectivity index (χ2v) is 2.38. The van der Waals surface area contributed by atoms with E-state index in [1.807, 2.05) is 0 Å². The van der Waals surface area contributed by atoms with Gasteiger partial charge in [-0.05, 0) is 12.5 Å². The fraction of sp³-hybridized carbons (Fsp3) is 0.111. The van der Waals surface area contributed by atoms with Crippen molar-refractivity contribution in [2.24, 2.45) is 0 Å². The minimum atomic E-state index is -1.81. The highest BCUT2D eigenvalue weighted by Gasteiger charge is 2.02. The Morgan fingerprint density at radius 1 is 1.25 bits per heavy atom. The van der Waals surface area contributed by atoms with Gasteiger partial charge in [0.25, 0.3) is 6.08 Å². The van der Waals surface area contributed by atoms with E-state index in [-0.39, 0.29) is 16.9 Å². The van der Waals surface area contributed by atoms with Crippen LogP contribution in [-0.4, -0.2) is 0 Å². The van der Waals surface area contributed by atoms with E-state index in [0.29, 0.717) is 0 Å². The minimum Gasteiger partial charge on any atom is -0.872 e. The largest absolute Gasteiger partial charge is 0.872 e. The van der Waals surface area contributed by atoms with Gasteiger partial charge in [-0.2, -0.15) is 8.78 Å². The van der Waals surface area contributed by atoms with Crippen LogP contribution in [0, 0.1) is 0 Å². The van der Waals surface area contributed by atoms with E-state index in [4.69, 9.17) is 0 Å². The van der Waals surface area contributed by atoms with Crippen molar-refractivity contribution in [3.63, 3.8) is 0 Å². The Morgan fingerprint density at radius 2 is 1.83 bits per heavy atom. The maximum absolute atomic E-state index is 12.0. The molecule has 1 rings (SSSR count). The topological polar surface area (TPSA) is 23.1 Å². The van der Waals surface area contributed by atoms with Crippen molar-refractivity contribution >= 4 is 5.57 Å². The zero-order valence-corrected chi connectivity index (χ0v) is 6.47. The van der Waals surface area contributed by atoms with Crippen molar-refractivity contribution in [3.05, 3.63) is 35.9 Å². The van der Waals surface area contributed by atoms with Gasteiger partial charge in [-0.25, -0.2) is 0 Å². The summed E-state index contributed by atoms with van der Waals surface area (Å²) in [5, 5.41) is 11.0. The van der Waals surface area contributed by atoms with Crippen LogP contribution in [0.1, 0.15) is 12.5 Å². The lowest BCUT2D eigenvalue weighted by atomic mass is 10.1. The van der Waals surface area contributed by atoms with E-state index in [0.717, 1.165) is 0 Å². The zero-order valence-electron chi connectivity index (χ0n) is 6.47. The molecule has 0 unspecified atom stereocenters. The maximum Gasteiger partial charge on any atom is 0.273 e. The van der Waals surface area contributed by atoms with Crippen LogP contribution in [-0.2, 0) is 0 Å². The van der Waals surface area contributed by atoms with Crippen LogP contribution in [0.3, 0.4) is 0 Å². The molecule has 0 saturated heterocycles. The molecule has 0 amide bonds. The van der Waals surface area contributed by atoms with E-state index in [2.05, 4.69) is 0 Å². The lowest BCUT2D eigenvalue weighted by Crippen LogP contribution is -1.94. The number of benzene rings is 1. The summed E-state index contributed by atoms with van der Waals surface area (Å²) < 4.78 is 24.1. The molecule has 64 valence electrons. The third-order valence-corrected chi connectivity index (χ3v) is 1.57. The SMILES string of the molecule is CC(=C(F)F)c1ccccc1[O-]. The van der Waals surface area contributed by atoms with Crippen LogP contribution in [0.2, 0.25) is 0 Å². The summed E-state index contributed by atoms with van der Waals surface area (Å²) in [6.07, 6.45) is -1.81. The first kappa shape index (κ1) is 8.71. The Kier molecular flexibility index (Phi) is 2.43. The Balaban J connectivity index is 3.21. The van der Waals surface area contributed by atoms with Gasteiger partial charge in [0.2, 0.25) is 0 Å². The second kappa shape index (κ2) is 3.34. The number of hydrogen-bond acceptors (Lipinski definition) is 1. The Bertz CT molecular complexity index is 314. The van der Waals surface area contributed by atoms with Crippen molar-refractivity contribution in [3.8, 4) is 5.75 Å². The molecule has 0 bridgehead atoms. The lowest BCUT2D eigenvalue weighted by molar-refractivity contribution is -0.268. The van der Waals surface area contributed by atoms with E-state index >= 15 is 0 Å². The highest BCUT2D eigenvalue weighted by molar-refractivity contribution is 5.68. The van der Waals surface area contributed by atoms with Gasteiger partial charge in [-0.1, -0.05) is 24.3 Å². The second-order valence-electron chi connectivity index (χ2n) is 2.38. The molecule has 0 spiro atoms. The fourth-order valence-corrected chi connectivity index (χ4v) is 0.878. The summed E-state index contributed by atoms with van der Waals surface area (Å²) in [6.45, 7) is 1.23. The molecule has 0 radical (unpaired) electrons. The van der Waals surface area contributed by atoms with E-state index in [9.17, 15) is 13.9 Å². The van der Waals surface area contributed by atoms with Crippen LogP contribution in [0.25, 0.3) is 5.57 Å². The predicted molar refractivity (Wildman–Crippen MR) is 40.7 cm³/mol. The van der Waals surface area contributed by atoms with Crippen LogP contribution in [0.15, 0.2) is 30.3 Å². The van der Waals surface area contributed by atoms with Crippen LogP contribution >= 0.6 is 0 Å². The molecular formula is C9H7F2O-. The summed E-state index contributed by atoms with van der Waals surface area (Å²) in [5.74, 6) is -0.372. The van der Waals surface area contributed by atoms with Crippen molar-refractivity contribution < 1.29 is 13.9 Å². The molecule has 12 heavy (non-hydrogen) atoms. The van der Waals surface area contributed by atoms with Gasteiger partial charge in [-0.15, -0.1) is 5.75 Å². The van der Waals surface area contributed by atoms with Gasteiger partial charge in [-0.3, -0.25) is 0 Å². The summed E-state index contributed by atoms with van der Waals surface area (Å²) in [7, 11) is 0. The quantitative estimate of drug-likeness (QED) is 0.633. The normalized spacial score (nSPS) is 9.58. The molecule has 0 N–H and O–H groups in total. The lowest BCUT2D eigenvalue weighted by Gasteiger charge is -2.11. The molecule has 0 aliphatic carbocycles. The number of para-hydroxylation sites is 1. The van der Waals surface area contributed by atoms with Gasteiger partial charge in [0, 0.05) is 5.57 Å². The molecule has 0 atom stereocenters. The van der Waals surface area contributed by atoms with Crippen LogP contribution in [0.4, 0.5) is 8.78 Å². The molecule has 0 fully saturated rings. The molecule has 3 heteroatoms. The summed E-state index contributed by atoms with van der Waals surface area (Å²) in [4.78, 5) is 0.